The summed E-state index contributed by atoms with van der Waals surface area (Å²) >= 11 is 3.65. The summed E-state index contributed by atoms with van der Waals surface area (Å²) in [6.45, 7) is 0. The third-order valence-electron chi connectivity index (χ3n) is 18.9. The van der Waals surface area contributed by atoms with Crippen LogP contribution < -0.4 is 10.2 Å². The number of benzene rings is 18. The second-order valence-corrected chi connectivity index (χ2v) is 25.7. The molecule has 0 spiro atoms. The first kappa shape index (κ1) is 63.6. The van der Waals surface area contributed by atoms with Gasteiger partial charge < -0.3 is 10.2 Å². The fourth-order valence-electron chi connectivity index (χ4n) is 14.0. The maximum atomic E-state index is 3.65. The van der Waals surface area contributed by atoms with Crippen molar-refractivity contribution in [2.45, 2.75) is 7.43 Å². The summed E-state index contributed by atoms with van der Waals surface area (Å²) in [6, 6.07) is 143. The van der Waals surface area contributed by atoms with Crippen molar-refractivity contribution in [2.24, 2.45) is 0 Å². The van der Waals surface area contributed by atoms with Gasteiger partial charge in [-0.05, 0) is 187 Å². The summed E-state index contributed by atoms with van der Waals surface area (Å²) in [5.74, 6) is 0. The maximum Gasteiger partial charge on any atom is 0.0540 e. The number of hydrogen-bond donors (Lipinski definition) is 1. The van der Waals surface area contributed by atoms with Gasteiger partial charge in [0.25, 0.3) is 0 Å². The number of hydrogen-bond acceptors (Lipinski definition) is 2. The summed E-state index contributed by atoms with van der Waals surface area (Å²) in [6.07, 6.45) is 0. The standard InChI is InChI=1S/C48H33N.C28H21N.C20H13Br.CH4/c1-3-12-34(13-4-1)35-24-28-39(29-25-35)49(40-30-26-38(27-31-40)42-19-9-17-37-16-7-8-18-41(37)42)48-23-11-22-45-44-21-10-20-43(36-14-5-2-6-15-36)46(44)32-33-47(45)48;1-2-7-21(8-3-1)22-13-17-25(18-14-22)29-26-19-15-24(16-20-26)28-12-6-10-23-9-4-5-11-27(23)28;21-20-11-5-10-17-16-9-4-8-15(14-6-2-1-3-7-14)18(16)12-13-19(17)20;/h1-33H;1-20,29H;1-13H;1H4. The van der Waals surface area contributed by atoms with E-state index in [4.69, 9.17) is 0 Å². The molecule has 0 aliphatic carbocycles. The molecule has 1 N–H and O–H groups in total. The van der Waals surface area contributed by atoms with Gasteiger partial charge in [-0.2, -0.15) is 0 Å². The highest BCUT2D eigenvalue weighted by Crippen LogP contribution is 2.44. The van der Waals surface area contributed by atoms with Crippen molar-refractivity contribution in [3.05, 3.63) is 405 Å². The number of fused-ring (bicyclic) bond motifs is 8. The van der Waals surface area contributed by atoms with Crippen molar-refractivity contribution in [3.63, 3.8) is 0 Å². The molecule has 18 aromatic carbocycles. The van der Waals surface area contributed by atoms with Gasteiger partial charge in [0.1, 0.15) is 0 Å². The molecule has 0 amide bonds. The lowest BCUT2D eigenvalue weighted by molar-refractivity contribution is 1.30. The van der Waals surface area contributed by atoms with E-state index in [0.717, 1.165) is 32.9 Å². The first-order chi connectivity index (χ1) is 49.0. The predicted molar refractivity (Wildman–Crippen MR) is 436 cm³/mol. The van der Waals surface area contributed by atoms with Crippen molar-refractivity contribution < 1.29 is 0 Å². The van der Waals surface area contributed by atoms with Crippen LogP contribution >= 0.6 is 15.9 Å². The van der Waals surface area contributed by atoms with E-state index in [0.29, 0.717) is 0 Å². The third kappa shape index (κ3) is 13.2. The van der Waals surface area contributed by atoms with E-state index < -0.39 is 0 Å². The molecule has 0 aliphatic heterocycles. The average molecular weight is 1340 g/mol. The van der Waals surface area contributed by atoms with Gasteiger partial charge in [0.2, 0.25) is 0 Å². The molecular weight excluding hydrogens is 1270 g/mol. The third-order valence-corrected chi connectivity index (χ3v) is 19.6. The largest absolute Gasteiger partial charge is 0.356 e. The molecule has 476 valence electrons. The minimum Gasteiger partial charge on any atom is -0.356 e. The average Bonchev–Trinajstić information content (AvgIpc) is 0.756. The molecular formula is C97H71BrN2. The minimum absolute atomic E-state index is 0. The maximum absolute atomic E-state index is 3.65. The highest BCUT2D eigenvalue weighted by Gasteiger charge is 2.19. The highest BCUT2D eigenvalue weighted by atomic mass is 79.9. The number of rotatable bonds is 11. The van der Waals surface area contributed by atoms with Crippen LogP contribution in [0.2, 0.25) is 0 Å². The first-order valence-electron chi connectivity index (χ1n) is 33.7. The molecule has 0 fully saturated rings. The molecule has 0 saturated carbocycles. The fraction of sp³-hybridized carbons (Fsp3) is 0.0103. The van der Waals surface area contributed by atoms with Crippen molar-refractivity contribution in [3.8, 4) is 66.8 Å². The Kier molecular flexibility index (Phi) is 18.5. The summed E-state index contributed by atoms with van der Waals surface area (Å²) in [7, 11) is 0. The van der Waals surface area contributed by atoms with E-state index in [-0.39, 0.29) is 7.43 Å². The van der Waals surface area contributed by atoms with E-state index in [9.17, 15) is 0 Å². The SMILES string of the molecule is Brc1cccc2c1ccc1c(-c3ccccc3)cccc12.C.c1ccc(-c2ccc(N(c3ccc(-c4cccc5ccccc45)cc3)c3cccc4c3ccc3c(-c5ccccc5)cccc34)cc2)cc1.c1ccc(-c2ccc(Nc3ccc(-c4cccc5ccccc45)cc3)cc2)cc1. The molecule has 0 heterocycles. The fourth-order valence-corrected chi connectivity index (χ4v) is 14.5. The molecule has 0 saturated heterocycles. The molecule has 0 aromatic heterocycles. The van der Waals surface area contributed by atoms with Crippen LogP contribution in [0.3, 0.4) is 0 Å². The number of anilines is 5. The van der Waals surface area contributed by atoms with E-state index >= 15 is 0 Å². The summed E-state index contributed by atoms with van der Waals surface area (Å²) < 4.78 is 1.15. The van der Waals surface area contributed by atoms with Crippen molar-refractivity contribution in [1.82, 2.24) is 0 Å². The highest BCUT2D eigenvalue weighted by molar-refractivity contribution is 9.10. The Bertz CT molecular complexity index is 5830. The lowest BCUT2D eigenvalue weighted by Gasteiger charge is -2.27. The van der Waals surface area contributed by atoms with E-state index in [1.807, 2.05) is 6.07 Å². The number of halogens is 1. The van der Waals surface area contributed by atoms with Crippen LogP contribution in [0.4, 0.5) is 28.4 Å². The van der Waals surface area contributed by atoms with Gasteiger partial charge in [0, 0.05) is 32.6 Å². The van der Waals surface area contributed by atoms with Crippen LogP contribution in [0, 0.1) is 0 Å². The lowest BCUT2D eigenvalue weighted by Crippen LogP contribution is -2.10. The molecule has 3 heteroatoms. The van der Waals surface area contributed by atoms with E-state index in [1.165, 1.54) is 131 Å². The number of nitrogens with zero attached hydrogens (tertiary/aromatic N) is 1. The second-order valence-electron chi connectivity index (χ2n) is 24.9. The normalized spacial score (nSPS) is 11.0. The Morgan fingerprint density at radius 3 is 0.930 bits per heavy atom. The number of nitrogens with one attached hydrogen (secondary N) is 1. The van der Waals surface area contributed by atoms with E-state index in [1.54, 1.807) is 0 Å². The van der Waals surface area contributed by atoms with Gasteiger partial charge in [-0.25, -0.2) is 0 Å². The Morgan fingerprint density at radius 2 is 0.470 bits per heavy atom. The molecule has 100 heavy (non-hydrogen) atoms. The van der Waals surface area contributed by atoms with Crippen LogP contribution in [0.25, 0.3) is 131 Å². The molecule has 18 aromatic rings. The Balaban J connectivity index is 0.000000134. The van der Waals surface area contributed by atoms with Crippen molar-refractivity contribution >= 4 is 109 Å². The molecule has 2 nitrogen and oxygen atoms in total. The zero-order valence-corrected chi connectivity index (χ0v) is 56.0. The zero-order chi connectivity index (χ0) is 66.3. The Hall–Kier alpha value is -12.4. The van der Waals surface area contributed by atoms with Gasteiger partial charge >= 0.3 is 0 Å². The summed E-state index contributed by atoms with van der Waals surface area (Å²) in [4.78, 5) is 2.40. The van der Waals surface area contributed by atoms with Crippen LogP contribution in [0.1, 0.15) is 7.43 Å². The monoisotopic (exact) mass is 1340 g/mol. The van der Waals surface area contributed by atoms with Crippen LogP contribution in [0.15, 0.2) is 405 Å². The van der Waals surface area contributed by atoms with Crippen molar-refractivity contribution in [2.75, 3.05) is 10.2 Å². The van der Waals surface area contributed by atoms with Gasteiger partial charge in [-0.1, -0.05) is 363 Å². The Labute approximate surface area is 594 Å². The molecule has 0 radical (unpaired) electrons. The molecule has 0 atom stereocenters. The quantitative estimate of drug-likeness (QED) is 0.130. The zero-order valence-electron chi connectivity index (χ0n) is 54.4. The molecule has 0 aliphatic rings. The molecule has 0 unspecified atom stereocenters. The van der Waals surface area contributed by atoms with Gasteiger partial charge in [-0.15, -0.1) is 0 Å². The van der Waals surface area contributed by atoms with Gasteiger partial charge in [-0.3, -0.25) is 0 Å². The smallest absolute Gasteiger partial charge is 0.0540 e. The lowest BCUT2D eigenvalue weighted by atomic mass is 9.94. The van der Waals surface area contributed by atoms with E-state index in [2.05, 4.69) is 420 Å². The second kappa shape index (κ2) is 29.1. The van der Waals surface area contributed by atoms with Crippen LogP contribution in [-0.2, 0) is 0 Å². The summed E-state index contributed by atoms with van der Waals surface area (Å²) in [5.41, 5.74) is 20.4. The molecule has 0 bridgehead atoms. The van der Waals surface area contributed by atoms with Crippen molar-refractivity contribution in [1.29, 1.82) is 0 Å². The predicted octanol–water partition coefficient (Wildman–Crippen LogP) is 28.6. The first-order valence-corrected chi connectivity index (χ1v) is 34.5. The molecule has 18 rings (SSSR count). The topological polar surface area (TPSA) is 15.3 Å². The van der Waals surface area contributed by atoms with Gasteiger partial charge in [0.05, 0.1) is 5.69 Å². The summed E-state index contributed by atoms with van der Waals surface area (Å²) in [5, 5.41) is 18.7. The van der Waals surface area contributed by atoms with Crippen LogP contribution in [0.5, 0.6) is 0 Å². The minimum atomic E-state index is 0. The van der Waals surface area contributed by atoms with Crippen LogP contribution in [-0.4, -0.2) is 0 Å². The Morgan fingerprint density at radius 1 is 0.190 bits per heavy atom. The van der Waals surface area contributed by atoms with Gasteiger partial charge in [0.15, 0.2) is 0 Å².